The van der Waals surface area contributed by atoms with Crippen LogP contribution in [0.2, 0.25) is 0 Å². The number of nitrogens with one attached hydrogen (secondary N) is 1. The normalized spacial score (nSPS) is 24.3. The summed E-state index contributed by atoms with van der Waals surface area (Å²) in [7, 11) is -2.35. The van der Waals surface area contributed by atoms with E-state index in [-0.39, 0.29) is 34.7 Å². The largest absolute Gasteiger partial charge is 0.495 e. The number of nitrogens with zero attached hydrogens (tertiary/aromatic N) is 3. The third-order valence-corrected chi connectivity index (χ3v) is 7.41. The zero-order chi connectivity index (χ0) is 20.6. The van der Waals surface area contributed by atoms with Gasteiger partial charge < -0.3 is 9.64 Å². The number of methoxy groups -OCH3 is 1. The molecule has 2 bridgehead atoms. The Kier molecular flexibility index (Phi) is 5.35. The number of benzene rings is 1. The molecule has 0 spiro atoms. The minimum absolute atomic E-state index is 0.0783. The fourth-order valence-corrected chi connectivity index (χ4v) is 6.16. The molecule has 2 aliphatic heterocycles. The van der Waals surface area contributed by atoms with Gasteiger partial charge in [-0.1, -0.05) is 0 Å². The van der Waals surface area contributed by atoms with Crippen molar-refractivity contribution < 1.29 is 17.9 Å². The van der Waals surface area contributed by atoms with E-state index in [1.807, 2.05) is 4.90 Å². The Labute approximate surface area is 170 Å². The van der Waals surface area contributed by atoms with Gasteiger partial charge in [-0.2, -0.15) is 5.10 Å². The van der Waals surface area contributed by atoms with Crippen LogP contribution >= 0.6 is 0 Å². The van der Waals surface area contributed by atoms with Gasteiger partial charge in [0.1, 0.15) is 10.6 Å². The molecule has 0 radical (unpaired) electrons. The Hall–Kier alpha value is -2.39. The Morgan fingerprint density at radius 2 is 1.97 bits per heavy atom. The van der Waals surface area contributed by atoms with Gasteiger partial charge >= 0.3 is 0 Å². The second kappa shape index (κ2) is 7.79. The molecule has 3 atom stereocenters. The smallest absolute Gasteiger partial charge is 0.244 e. The molecule has 1 unspecified atom stereocenters. The number of hydrogen-bond donors (Lipinski definition) is 1. The fraction of sp³-hybridized carbons (Fsp3) is 0.500. The van der Waals surface area contributed by atoms with Crippen molar-refractivity contribution in [3.63, 3.8) is 0 Å². The number of ether oxygens (including phenoxy) is 1. The van der Waals surface area contributed by atoms with Gasteiger partial charge in [0.2, 0.25) is 15.9 Å². The first kappa shape index (κ1) is 19.9. The molecule has 8 nitrogen and oxygen atoms in total. The average Bonchev–Trinajstić information content (AvgIpc) is 3.21. The van der Waals surface area contributed by atoms with Gasteiger partial charge in [-0.25, -0.2) is 17.8 Å². The van der Waals surface area contributed by atoms with Crippen molar-refractivity contribution in [3.05, 3.63) is 36.7 Å². The lowest BCUT2D eigenvalue weighted by molar-refractivity contribution is -0.138. The van der Waals surface area contributed by atoms with E-state index >= 15 is 0 Å². The summed E-state index contributed by atoms with van der Waals surface area (Å²) in [5, 5.41) is 4.17. The summed E-state index contributed by atoms with van der Waals surface area (Å²) in [6.45, 7) is 1.60. The Morgan fingerprint density at radius 1 is 1.24 bits per heavy atom. The van der Waals surface area contributed by atoms with Crippen molar-refractivity contribution in [3.8, 4) is 11.4 Å². The topological polar surface area (TPSA) is 93.5 Å². The summed E-state index contributed by atoms with van der Waals surface area (Å²) in [6, 6.07) is 6.75. The number of hydrogen-bond acceptors (Lipinski definition) is 5. The van der Waals surface area contributed by atoms with Gasteiger partial charge in [-0.05, 0) is 56.4 Å². The van der Waals surface area contributed by atoms with Gasteiger partial charge in [0.05, 0.1) is 12.8 Å². The number of fused-ring (bicyclic) bond motifs is 2. The van der Waals surface area contributed by atoms with Crippen LogP contribution in [0, 0.1) is 0 Å². The molecule has 9 heteroatoms. The third-order valence-electron chi connectivity index (χ3n) is 5.87. The lowest BCUT2D eigenvalue weighted by Gasteiger charge is -2.48. The molecule has 2 aliphatic rings. The summed E-state index contributed by atoms with van der Waals surface area (Å²) >= 11 is 0. The van der Waals surface area contributed by atoms with Crippen LogP contribution in [-0.4, -0.2) is 54.2 Å². The highest BCUT2D eigenvalue weighted by Crippen LogP contribution is 2.35. The van der Waals surface area contributed by atoms with Crippen molar-refractivity contribution in [1.29, 1.82) is 0 Å². The highest BCUT2D eigenvalue weighted by Gasteiger charge is 2.41. The molecule has 0 saturated carbocycles. The number of amides is 1. The predicted molar refractivity (Wildman–Crippen MR) is 107 cm³/mol. The lowest BCUT2D eigenvalue weighted by Crippen LogP contribution is -2.58. The van der Waals surface area contributed by atoms with Crippen molar-refractivity contribution in [2.24, 2.45) is 0 Å². The molecule has 1 N–H and O–H groups in total. The molecule has 2 fully saturated rings. The molecule has 1 aromatic carbocycles. The van der Waals surface area contributed by atoms with E-state index in [9.17, 15) is 13.2 Å². The van der Waals surface area contributed by atoms with Crippen LogP contribution in [0.15, 0.2) is 41.6 Å². The monoisotopic (exact) mass is 418 g/mol. The van der Waals surface area contributed by atoms with E-state index in [0.717, 1.165) is 19.3 Å². The molecule has 1 amide bonds. The van der Waals surface area contributed by atoms with Crippen LogP contribution in [0.5, 0.6) is 5.75 Å². The minimum atomic E-state index is -3.80. The third kappa shape index (κ3) is 3.89. The van der Waals surface area contributed by atoms with Gasteiger partial charge in [-0.15, -0.1) is 0 Å². The standard InChI is InChI=1S/C20H26N4O4S/c1-14(25)24-17-5-3-6-18(24)12-15(11-17)22-29(26,27)20-13-16(7-8-19(20)28-2)23-10-4-9-21-23/h4,7-10,13,15,17-18,22H,3,5-6,11-12H2,1-2H3/t15?,17-,18+. The van der Waals surface area contributed by atoms with Crippen molar-refractivity contribution in [1.82, 2.24) is 19.4 Å². The van der Waals surface area contributed by atoms with Gasteiger partial charge in [0, 0.05) is 37.4 Å². The Morgan fingerprint density at radius 3 is 2.55 bits per heavy atom. The summed E-state index contributed by atoms with van der Waals surface area (Å²) in [6.07, 6.45) is 7.59. The number of carbonyl (C=O) groups is 1. The van der Waals surface area contributed by atoms with Gasteiger partial charge in [-0.3, -0.25) is 4.79 Å². The minimum Gasteiger partial charge on any atom is -0.495 e. The van der Waals surface area contributed by atoms with Crippen molar-refractivity contribution in [2.45, 2.75) is 62.0 Å². The van der Waals surface area contributed by atoms with Crippen LogP contribution in [-0.2, 0) is 14.8 Å². The second-order valence-electron chi connectivity index (χ2n) is 7.74. The van der Waals surface area contributed by atoms with Crippen LogP contribution < -0.4 is 9.46 Å². The zero-order valence-electron chi connectivity index (χ0n) is 16.6. The number of carbonyl (C=O) groups excluding carboxylic acids is 1. The van der Waals surface area contributed by atoms with E-state index in [1.165, 1.54) is 7.11 Å². The summed E-state index contributed by atoms with van der Waals surface area (Å²) in [4.78, 5) is 14.1. The molecule has 2 saturated heterocycles. The molecule has 4 rings (SSSR count). The van der Waals surface area contributed by atoms with Crippen molar-refractivity contribution in [2.75, 3.05) is 7.11 Å². The number of piperidine rings is 2. The summed E-state index contributed by atoms with van der Waals surface area (Å²) in [5.41, 5.74) is 0.638. The van der Waals surface area contributed by atoms with E-state index < -0.39 is 10.0 Å². The first-order chi connectivity index (χ1) is 13.9. The van der Waals surface area contributed by atoms with E-state index in [4.69, 9.17) is 4.74 Å². The highest BCUT2D eigenvalue weighted by molar-refractivity contribution is 7.89. The maximum absolute atomic E-state index is 13.2. The highest BCUT2D eigenvalue weighted by atomic mass is 32.2. The zero-order valence-corrected chi connectivity index (χ0v) is 17.4. The summed E-state index contributed by atoms with van der Waals surface area (Å²) in [5.74, 6) is 0.365. The number of sulfonamides is 1. The summed E-state index contributed by atoms with van der Waals surface area (Å²) < 4.78 is 36.3. The quantitative estimate of drug-likeness (QED) is 0.803. The number of rotatable bonds is 5. The molecular formula is C20H26N4O4S. The maximum Gasteiger partial charge on any atom is 0.244 e. The van der Waals surface area contributed by atoms with Crippen LogP contribution in [0.3, 0.4) is 0 Å². The Bertz CT molecular complexity index is 976. The van der Waals surface area contributed by atoms with Crippen LogP contribution in [0.25, 0.3) is 5.69 Å². The van der Waals surface area contributed by atoms with Gasteiger partial charge in [0.15, 0.2) is 0 Å². The van der Waals surface area contributed by atoms with E-state index in [0.29, 0.717) is 18.5 Å². The molecule has 1 aromatic heterocycles. The predicted octanol–water partition coefficient (Wildman–Crippen LogP) is 2.09. The average molecular weight is 419 g/mol. The van der Waals surface area contributed by atoms with Crippen molar-refractivity contribution >= 4 is 15.9 Å². The maximum atomic E-state index is 13.2. The van der Waals surface area contributed by atoms with E-state index in [1.54, 1.807) is 48.3 Å². The molecular weight excluding hydrogens is 392 g/mol. The molecule has 3 heterocycles. The number of aromatic nitrogens is 2. The fourth-order valence-electron chi connectivity index (χ4n) is 4.71. The first-order valence-electron chi connectivity index (χ1n) is 9.88. The second-order valence-corrected chi connectivity index (χ2v) is 9.42. The SMILES string of the molecule is COc1ccc(-n2cccn2)cc1S(=O)(=O)NC1C[C@H]2CCC[C@@H](C1)N2C(C)=O. The first-order valence-corrected chi connectivity index (χ1v) is 11.4. The van der Waals surface area contributed by atoms with E-state index in [2.05, 4.69) is 9.82 Å². The molecule has 0 aliphatic carbocycles. The molecule has 2 aromatic rings. The van der Waals surface area contributed by atoms with Crippen LogP contribution in [0.1, 0.15) is 39.0 Å². The Balaban J connectivity index is 1.59. The van der Waals surface area contributed by atoms with Gasteiger partial charge in [0.25, 0.3) is 0 Å². The van der Waals surface area contributed by atoms with Crippen LogP contribution in [0.4, 0.5) is 0 Å². The molecule has 29 heavy (non-hydrogen) atoms. The molecule has 156 valence electrons. The lowest BCUT2D eigenvalue weighted by atomic mass is 9.82.